The minimum Gasteiger partial charge on any atom is -0.507 e. The number of aliphatic hydroxyl groups excluding tert-OH is 4. The fourth-order valence-electron chi connectivity index (χ4n) is 3.82. The molecule has 0 bridgehead atoms. The smallest absolute Gasteiger partial charge is 0.200 e. The average molecular weight is 441 g/mol. The minimum absolute atomic E-state index is 0.0128. The van der Waals surface area contributed by atoms with E-state index >= 15 is 0 Å². The monoisotopic (exact) mass is 441 g/mol. The summed E-state index contributed by atoms with van der Waals surface area (Å²) in [7, 11) is 0. The quantitative estimate of drug-likeness (QED) is 0.329. The van der Waals surface area contributed by atoms with Gasteiger partial charge in [0.25, 0.3) is 0 Å². The van der Waals surface area contributed by atoms with E-state index in [1.54, 1.807) is 0 Å². The third-order valence-corrected chi connectivity index (χ3v) is 5.56. The first kappa shape index (κ1) is 21.8. The zero-order chi connectivity index (χ0) is 23.2. The van der Waals surface area contributed by atoms with Gasteiger partial charge >= 0.3 is 0 Å². The summed E-state index contributed by atoms with van der Waals surface area (Å²) in [4.78, 5) is 13.2. The second kappa shape index (κ2) is 8.23. The molecule has 1 saturated heterocycles. The first-order valence-electron chi connectivity index (χ1n) is 9.59. The van der Waals surface area contributed by atoms with E-state index in [1.807, 2.05) is 6.07 Å². The lowest BCUT2D eigenvalue weighted by Crippen LogP contribution is -2.55. The van der Waals surface area contributed by atoms with Crippen molar-refractivity contribution >= 4 is 11.0 Å². The fraction of sp³-hybridized carbons (Fsp3) is 0.273. The van der Waals surface area contributed by atoms with Crippen molar-refractivity contribution in [2.24, 2.45) is 0 Å². The summed E-state index contributed by atoms with van der Waals surface area (Å²) in [6, 6.07) is 8.35. The van der Waals surface area contributed by atoms with Crippen LogP contribution in [-0.4, -0.2) is 61.7 Å². The number of ether oxygens (including phenoxy) is 1. The van der Waals surface area contributed by atoms with Crippen molar-refractivity contribution in [3.63, 3.8) is 0 Å². The van der Waals surface area contributed by atoms with E-state index in [-0.39, 0.29) is 33.4 Å². The maximum Gasteiger partial charge on any atom is 0.200 e. The van der Waals surface area contributed by atoms with E-state index in [1.165, 1.54) is 30.3 Å². The lowest BCUT2D eigenvalue weighted by atomic mass is 9.89. The van der Waals surface area contributed by atoms with Crippen LogP contribution >= 0.6 is 0 Å². The van der Waals surface area contributed by atoms with Gasteiger partial charge in [-0.15, -0.1) is 0 Å². The molecule has 2 heterocycles. The highest BCUT2D eigenvalue weighted by Crippen LogP contribution is 2.40. The van der Waals surface area contributed by atoms with Crippen LogP contribution in [0.4, 0.5) is 0 Å². The molecule has 1 aromatic heterocycles. The predicted molar refractivity (Wildman–Crippen MR) is 109 cm³/mol. The Hall–Kier alpha value is -3.46. The zero-order valence-corrected chi connectivity index (χ0v) is 16.4. The summed E-state index contributed by atoms with van der Waals surface area (Å²) in [5.41, 5.74) is -0.410. The molecule has 1 aliphatic heterocycles. The Morgan fingerprint density at radius 1 is 1.00 bits per heavy atom. The molecule has 6 N–H and O–H groups in total. The van der Waals surface area contributed by atoms with E-state index in [2.05, 4.69) is 0 Å². The SMILES string of the molecule is N#Cc1cc(-c2coc3c([C@@H]4O[C@H](CO)[C@@H](O)[C@H](O)[C@H]4O)c(O)ccc3c2=O)ccc1O. The second-order valence-electron chi connectivity index (χ2n) is 7.45. The van der Waals surface area contributed by atoms with Crippen LogP contribution < -0.4 is 5.43 Å². The third kappa shape index (κ3) is 3.38. The van der Waals surface area contributed by atoms with Gasteiger partial charge in [-0.1, -0.05) is 6.07 Å². The predicted octanol–water partition coefficient (Wildman–Crippen LogP) is 0.258. The van der Waals surface area contributed by atoms with Gasteiger partial charge < -0.3 is 39.8 Å². The third-order valence-electron chi connectivity index (χ3n) is 5.56. The van der Waals surface area contributed by atoms with E-state index in [9.17, 15) is 35.4 Å². The first-order valence-corrected chi connectivity index (χ1v) is 9.59. The van der Waals surface area contributed by atoms with Gasteiger partial charge in [-0.3, -0.25) is 4.79 Å². The van der Waals surface area contributed by atoms with Crippen molar-refractivity contribution in [2.75, 3.05) is 6.61 Å². The number of rotatable bonds is 3. The standard InChI is InChI=1S/C22H19NO9/c23-6-10-5-9(1-3-13(10)25)12-8-31-21-11(17(12)27)2-4-14(26)16(21)22-20(30)19(29)18(28)15(7-24)32-22/h1-5,8,15,18-20,22,24-26,28-30H,7H2/t15-,18-,19+,20-,22+/m1/s1. The van der Waals surface area contributed by atoms with E-state index < -0.39 is 48.3 Å². The maximum atomic E-state index is 13.2. The molecule has 0 radical (unpaired) electrons. The van der Waals surface area contributed by atoms with Crippen molar-refractivity contribution in [3.8, 4) is 28.7 Å². The van der Waals surface area contributed by atoms with Crippen LogP contribution in [0.3, 0.4) is 0 Å². The number of phenolic OH excluding ortho intramolecular Hbond substituents is 2. The Kier molecular flexibility index (Phi) is 5.60. The first-order chi connectivity index (χ1) is 15.3. The molecule has 3 aromatic rings. The number of hydrogen-bond donors (Lipinski definition) is 6. The molecular formula is C22H19NO9. The van der Waals surface area contributed by atoms with Crippen LogP contribution in [0.2, 0.25) is 0 Å². The molecular weight excluding hydrogens is 422 g/mol. The van der Waals surface area contributed by atoms with Gasteiger partial charge in [0.05, 0.1) is 28.7 Å². The van der Waals surface area contributed by atoms with Crippen molar-refractivity contribution in [3.05, 3.63) is 57.9 Å². The molecule has 5 atom stereocenters. The molecule has 1 fully saturated rings. The number of fused-ring (bicyclic) bond motifs is 1. The molecule has 10 heteroatoms. The number of hydrogen-bond acceptors (Lipinski definition) is 10. The Labute approximate surface area is 180 Å². The average Bonchev–Trinajstić information content (AvgIpc) is 2.79. The Morgan fingerprint density at radius 3 is 2.41 bits per heavy atom. The van der Waals surface area contributed by atoms with Gasteiger partial charge in [-0.05, 0) is 29.8 Å². The van der Waals surface area contributed by atoms with Crippen molar-refractivity contribution in [2.45, 2.75) is 30.5 Å². The lowest BCUT2D eigenvalue weighted by molar-refractivity contribution is -0.231. The molecule has 0 spiro atoms. The highest BCUT2D eigenvalue weighted by molar-refractivity contribution is 5.86. The highest BCUT2D eigenvalue weighted by atomic mass is 16.5. The van der Waals surface area contributed by atoms with E-state index in [0.717, 1.165) is 6.26 Å². The van der Waals surface area contributed by atoms with Crippen LogP contribution in [-0.2, 0) is 4.74 Å². The van der Waals surface area contributed by atoms with Gasteiger partial charge in [0.1, 0.15) is 59.9 Å². The molecule has 4 rings (SSSR count). The van der Waals surface area contributed by atoms with Crippen molar-refractivity contribution in [1.82, 2.24) is 0 Å². The Morgan fingerprint density at radius 2 is 1.72 bits per heavy atom. The summed E-state index contributed by atoms with van der Waals surface area (Å²) in [6.45, 7) is -0.664. The highest BCUT2D eigenvalue weighted by Gasteiger charge is 2.45. The Bertz CT molecular complexity index is 1280. The van der Waals surface area contributed by atoms with E-state index in [4.69, 9.17) is 14.4 Å². The van der Waals surface area contributed by atoms with Crippen LogP contribution in [0.25, 0.3) is 22.1 Å². The molecule has 166 valence electrons. The van der Waals surface area contributed by atoms with Gasteiger partial charge in [-0.2, -0.15) is 5.26 Å². The molecule has 0 saturated carbocycles. The number of phenols is 2. The Balaban J connectivity index is 1.88. The zero-order valence-electron chi connectivity index (χ0n) is 16.4. The molecule has 10 nitrogen and oxygen atoms in total. The van der Waals surface area contributed by atoms with Crippen LogP contribution in [0.15, 0.2) is 45.8 Å². The molecule has 0 aliphatic carbocycles. The van der Waals surface area contributed by atoms with Crippen molar-refractivity contribution < 1.29 is 39.8 Å². The van der Waals surface area contributed by atoms with E-state index in [0.29, 0.717) is 5.56 Å². The van der Waals surface area contributed by atoms with Gasteiger partial charge in [-0.25, -0.2) is 0 Å². The summed E-state index contributed by atoms with van der Waals surface area (Å²) in [5, 5.41) is 69.2. The van der Waals surface area contributed by atoms with Crippen molar-refractivity contribution in [1.29, 1.82) is 5.26 Å². The van der Waals surface area contributed by atoms with Crippen LogP contribution in [0.1, 0.15) is 17.2 Å². The number of benzene rings is 2. The number of aromatic hydroxyl groups is 2. The lowest BCUT2D eigenvalue weighted by Gasteiger charge is -2.40. The summed E-state index contributed by atoms with van der Waals surface area (Å²) < 4.78 is 11.1. The largest absolute Gasteiger partial charge is 0.507 e. The molecule has 0 amide bonds. The summed E-state index contributed by atoms with van der Waals surface area (Å²) in [6.07, 6.45) is -6.50. The normalized spacial score (nSPS) is 25.5. The summed E-state index contributed by atoms with van der Waals surface area (Å²) >= 11 is 0. The fourth-order valence-corrected chi connectivity index (χ4v) is 3.82. The number of nitrogens with zero attached hydrogens (tertiary/aromatic N) is 1. The molecule has 32 heavy (non-hydrogen) atoms. The van der Waals surface area contributed by atoms with Crippen LogP contribution in [0.5, 0.6) is 11.5 Å². The molecule has 2 aromatic carbocycles. The van der Waals surface area contributed by atoms with Gasteiger partial charge in [0, 0.05) is 0 Å². The van der Waals surface area contributed by atoms with Crippen LogP contribution in [0, 0.1) is 11.3 Å². The van der Waals surface area contributed by atoms with Gasteiger partial charge in [0.2, 0.25) is 5.43 Å². The maximum absolute atomic E-state index is 13.2. The summed E-state index contributed by atoms with van der Waals surface area (Å²) in [5.74, 6) is -0.634. The molecule has 1 aliphatic rings. The minimum atomic E-state index is -1.69. The number of aliphatic hydroxyl groups is 4. The molecule has 0 unspecified atom stereocenters. The second-order valence-corrected chi connectivity index (χ2v) is 7.45. The number of nitriles is 1. The topological polar surface area (TPSA) is 185 Å². The van der Waals surface area contributed by atoms with Gasteiger partial charge in [0.15, 0.2) is 0 Å².